The molecule has 0 bridgehead atoms. The highest BCUT2D eigenvalue weighted by atomic mass is 19.1. The van der Waals surface area contributed by atoms with E-state index in [1.165, 1.54) is 12.1 Å². The molecule has 0 aliphatic carbocycles. The summed E-state index contributed by atoms with van der Waals surface area (Å²) in [4.78, 5) is 19.3. The van der Waals surface area contributed by atoms with Crippen molar-refractivity contribution in [1.82, 2.24) is 14.5 Å². The van der Waals surface area contributed by atoms with Gasteiger partial charge in [0, 0.05) is 12.1 Å². The van der Waals surface area contributed by atoms with Crippen LogP contribution >= 0.6 is 0 Å². The third-order valence-electron chi connectivity index (χ3n) is 6.28. The molecule has 154 valence electrons. The van der Waals surface area contributed by atoms with Gasteiger partial charge in [0.05, 0.1) is 31.4 Å². The lowest BCUT2D eigenvalue weighted by molar-refractivity contribution is -0.132. The van der Waals surface area contributed by atoms with Gasteiger partial charge in [0.1, 0.15) is 23.8 Å². The predicted octanol–water partition coefficient (Wildman–Crippen LogP) is 3.74. The molecule has 5 nitrogen and oxygen atoms in total. The molecule has 1 aromatic heterocycles. The van der Waals surface area contributed by atoms with Crippen molar-refractivity contribution in [2.24, 2.45) is 0 Å². The Kier molecular flexibility index (Phi) is 4.66. The van der Waals surface area contributed by atoms with Crippen LogP contribution in [0, 0.1) is 12.7 Å². The number of nitrogens with zero attached hydrogens (tertiary/aromatic N) is 3. The SMILES string of the molecule is Cc1ccccc1CC(=O)N1CC[C@]2(C1)Cn1c(-c3cccc(F)c3)cnc1CO2. The number of amides is 1. The molecule has 1 atom stereocenters. The molecule has 0 N–H and O–H groups in total. The number of imidazole rings is 1. The molecule has 0 unspecified atom stereocenters. The van der Waals surface area contributed by atoms with Gasteiger partial charge in [0.2, 0.25) is 5.91 Å². The average Bonchev–Trinajstić information content (AvgIpc) is 3.34. The third-order valence-corrected chi connectivity index (χ3v) is 6.28. The molecule has 3 heterocycles. The van der Waals surface area contributed by atoms with Crippen molar-refractivity contribution in [3.8, 4) is 11.3 Å². The smallest absolute Gasteiger partial charge is 0.227 e. The van der Waals surface area contributed by atoms with Gasteiger partial charge in [0.15, 0.2) is 0 Å². The lowest BCUT2D eigenvalue weighted by atomic mass is 10.0. The number of hydrogen-bond donors (Lipinski definition) is 0. The van der Waals surface area contributed by atoms with Crippen LogP contribution in [0.1, 0.15) is 23.4 Å². The number of hydrogen-bond acceptors (Lipinski definition) is 3. The van der Waals surface area contributed by atoms with Gasteiger partial charge in [-0.05, 0) is 36.6 Å². The fraction of sp³-hybridized carbons (Fsp3) is 0.333. The first-order valence-corrected chi connectivity index (χ1v) is 10.3. The first-order chi connectivity index (χ1) is 14.5. The van der Waals surface area contributed by atoms with E-state index in [0.717, 1.165) is 34.6 Å². The van der Waals surface area contributed by atoms with Gasteiger partial charge >= 0.3 is 0 Å². The van der Waals surface area contributed by atoms with E-state index in [4.69, 9.17) is 4.74 Å². The van der Waals surface area contributed by atoms with E-state index in [1.54, 1.807) is 12.3 Å². The van der Waals surface area contributed by atoms with Crippen LogP contribution in [-0.4, -0.2) is 39.0 Å². The Morgan fingerprint density at radius 3 is 2.90 bits per heavy atom. The molecule has 2 aliphatic heterocycles. The lowest BCUT2D eigenvalue weighted by Gasteiger charge is -2.35. The summed E-state index contributed by atoms with van der Waals surface area (Å²) in [5.74, 6) is 0.704. The second-order valence-corrected chi connectivity index (χ2v) is 8.30. The Morgan fingerprint density at radius 2 is 2.07 bits per heavy atom. The van der Waals surface area contributed by atoms with E-state index in [9.17, 15) is 9.18 Å². The summed E-state index contributed by atoms with van der Waals surface area (Å²) in [6.07, 6.45) is 2.98. The van der Waals surface area contributed by atoms with Crippen LogP contribution in [0.15, 0.2) is 54.7 Å². The van der Waals surface area contributed by atoms with Crippen LogP contribution in [0.2, 0.25) is 0 Å². The van der Waals surface area contributed by atoms with E-state index in [2.05, 4.69) is 9.55 Å². The summed E-state index contributed by atoms with van der Waals surface area (Å²) in [6, 6.07) is 14.6. The van der Waals surface area contributed by atoms with E-state index < -0.39 is 5.60 Å². The molecule has 0 radical (unpaired) electrons. The number of likely N-dealkylation sites (tertiary alicyclic amines) is 1. The highest BCUT2D eigenvalue weighted by molar-refractivity contribution is 5.79. The van der Waals surface area contributed by atoms with Crippen molar-refractivity contribution >= 4 is 5.91 Å². The summed E-state index contributed by atoms with van der Waals surface area (Å²) in [5.41, 5.74) is 3.47. The molecule has 0 saturated carbocycles. The van der Waals surface area contributed by atoms with E-state index in [-0.39, 0.29) is 11.7 Å². The van der Waals surface area contributed by atoms with Crippen molar-refractivity contribution < 1.29 is 13.9 Å². The average molecular weight is 405 g/mol. The Morgan fingerprint density at radius 1 is 1.20 bits per heavy atom. The van der Waals surface area contributed by atoms with Crippen molar-refractivity contribution in [1.29, 1.82) is 0 Å². The summed E-state index contributed by atoms with van der Waals surface area (Å²) in [6.45, 7) is 4.30. The molecule has 5 rings (SSSR count). The topological polar surface area (TPSA) is 47.4 Å². The molecule has 2 aliphatic rings. The fourth-order valence-corrected chi connectivity index (χ4v) is 4.52. The second kappa shape index (κ2) is 7.36. The van der Waals surface area contributed by atoms with Crippen LogP contribution in [0.3, 0.4) is 0 Å². The Bertz CT molecular complexity index is 1110. The largest absolute Gasteiger partial charge is 0.363 e. The van der Waals surface area contributed by atoms with Crippen molar-refractivity contribution in [3.63, 3.8) is 0 Å². The molecular formula is C24H24FN3O2. The minimum Gasteiger partial charge on any atom is -0.363 e. The fourth-order valence-electron chi connectivity index (χ4n) is 4.52. The number of rotatable bonds is 3. The second-order valence-electron chi connectivity index (χ2n) is 8.30. The van der Waals surface area contributed by atoms with Crippen LogP contribution in [0.25, 0.3) is 11.3 Å². The summed E-state index contributed by atoms with van der Waals surface area (Å²) >= 11 is 0. The zero-order valence-corrected chi connectivity index (χ0v) is 17.0. The molecule has 1 amide bonds. The van der Waals surface area contributed by atoms with Crippen molar-refractivity contribution in [2.45, 2.75) is 38.5 Å². The monoisotopic (exact) mass is 405 g/mol. The molecule has 1 spiro atoms. The van der Waals surface area contributed by atoms with Gasteiger partial charge in [-0.1, -0.05) is 36.4 Å². The molecule has 6 heteroatoms. The highest BCUT2D eigenvalue weighted by Gasteiger charge is 2.44. The van der Waals surface area contributed by atoms with Gasteiger partial charge in [-0.15, -0.1) is 0 Å². The van der Waals surface area contributed by atoms with Gasteiger partial charge < -0.3 is 14.2 Å². The highest BCUT2D eigenvalue weighted by Crippen LogP contribution is 2.35. The minimum atomic E-state index is -0.419. The summed E-state index contributed by atoms with van der Waals surface area (Å²) < 4.78 is 22.1. The van der Waals surface area contributed by atoms with Gasteiger partial charge in [-0.3, -0.25) is 4.79 Å². The number of aryl methyl sites for hydroxylation is 1. The molecule has 2 aromatic carbocycles. The van der Waals surface area contributed by atoms with Gasteiger partial charge in [0.25, 0.3) is 0 Å². The third kappa shape index (κ3) is 3.41. The van der Waals surface area contributed by atoms with E-state index in [0.29, 0.717) is 32.7 Å². The number of ether oxygens (including phenoxy) is 1. The van der Waals surface area contributed by atoms with E-state index in [1.807, 2.05) is 42.2 Å². The molecular weight excluding hydrogens is 381 g/mol. The maximum Gasteiger partial charge on any atom is 0.227 e. The minimum absolute atomic E-state index is 0.131. The number of halogens is 1. The standard InChI is InChI=1S/C24H24FN3O2/c1-17-5-2-3-6-18(17)12-23(29)27-10-9-24(15-27)16-28-21(13-26-22(28)14-30-24)19-7-4-8-20(25)11-19/h2-8,11,13H,9-10,12,14-16H2,1H3/t24-/m0/s1. The Balaban J connectivity index is 1.34. The molecule has 30 heavy (non-hydrogen) atoms. The summed E-state index contributed by atoms with van der Waals surface area (Å²) in [7, 11) is 0. The van der Waals surface area contributed by atoms with Gasteiger partial charge in [-0.25, -0.2) is 9.37 Å². The van der Waals surface area contributed by atoms with Crippen molar-refractivity contribution in [2.75, 3.05) is 13.1 Å². The van der Waals surface area contributed by atoms with Crippen molar-refractivity contribution in [3.05, 3.63) is 77.5 Å². The van der Waals surface area contributed by atoms with Crippen LogP contribution in [-0.2, 0) is 29.1 Å². The molecule has 3 aromatic rings. The number of aromatic nitrogens is 2. The zero-order chi connectivity index (χ0) is 20.7. The normalized spacial score (nSPS) is 20.5. The zero-order valence-electron chi connectivity index (χ0n) is 17.0. The maximum absolute atomic E-state index is 13.7. The first kappa shape index (κ1) is 19.0. The first-order valence-electron chi connectivity index (χ1n) is 10.3. The Labute approximate surface area is 175 Å². The van der Waals surface area contributed by atoms with Crippen LogP contribution in [0.5, 0.6) is 0 Å². The van der Waals surface area contributed by atoms with Crippen LogP contribution in [0.4, 0.5) is 4.39 Å². The number of carbonyl (C=O) groups is 1. The molecule has 1 fully saturated rings. The summed E-state index contributed by atoms with van der Waals surface area (Å²) in [5, 5.41) is 0. The Hall–Kier alpha value is -2.99. The number of benzene rings is 2. The maximum atomic E-state index is 13.7. The van der Waals surface area contributed by atoms with E-state index >= 15 is 0 Å². The van der Waals surface area contributed by atoms with Gasteiger partial charge in [-0.2, -0.15) is 0 Å². The lowest BCUT2D eigenvalue weighted by Crippen LogP contribution is -2.45. The number of fused-ring (bicyclic) bond motifs is 1. The predicted molar refractivity (Wildman–Crippen MR) is 111 cm³/mol. The number of carbonyl (C=O) groups excluding carboxylic acids is 1. The quantitative estimate of drug-likeness (QED) is 0.667. The molecule has 1 saturated heterocycles. The van der Waals surface area contributed by atoms with Crippen LogP contribution < -0.4 is 0 Å².